The van der Waals surface area contributed by atoms with E-state index in [2.05, 4.69) is 5.32 Å². The average Bonchev–Trinajstić information content (AvgIpc) is 1.87. The van der Waals surface area contributed by atoms with Crippen molar-refractivity contribution in [2.45, 2.75) is 12.8 Å². The molecule has 0 unspecified atom stereocenters. The van der Waals surface area contributed by atoms with Crippen molar-refractivity contribution in [3.8, 4) is 0 Å². The Kier molecular flexibility index (Phi) is 9.11. The molecule has 1 saturated heterocycles. The molecule has 48 valence electrons. The Balaban J connectivity index is 0. The van der Waals surface area contributed by atoms with E-state index < -0.39 is 0 Å². The van der Waals surface area contributed by atoms with Gasteiger partial charge in [0.05, 0.1) is 0 Å². The molecular weight excluding hydrogens is 330 g/mol. The predicted octanol–water partition coefficient (Wildman–Crippen LogP) is -3.58. The van der Waals surface area contributed by atoms with Gasteiger partial charge in [-0.15, -0.1) is 0 Å². The van der Waals surface area contributed by atoms with Crippen LogP contribution in [0.3, 0.4) is 0 Å². The van der Waals surface area contributed by atoms with E-state index in [-0.39, 0.29) is 85.6 Å². The van der Waals surface area contributed by atoms with Crippen molar-refractivity contribution in [1.29, 1.82) is 0 Å². The molecule has 0 aromatic heterocycles. The monoisotopic (exact) mass is 335 g/mol. The van der Waals surface area contributed by atoms with Crippen molar-refractivity contribution in [2.75, 3.05) is 0 Å². The molecule has 0 aliphatic carbocycles. The standard InChI is InChI=1S/C4H5NO2.Au.K/c6-3-1-2-4(7)5-3;;/h1-2H2,(H,5,6,7);;/q;2*+1. The van der Waals surface area contributed by atoms with Gasteiger partial charge in [0.25, 0.3) is 0 Å². The predicted molar refractivity (Wildman–Crippen MR) is 22.4 cm³/mol. The van der Waals surface area contributed by atoms with Crippen molar-refractivity contribution in [2.24, 2.45) is 0 Å². The second kappa shape index (κ2) is 6.24. The van der Waals surface area contributed by atoms with Crippen LogP contribution in [0.5, 0.6) is 0 Å². The van der Waals surface area contributed by atoms with Crippen LogP contribution in [0.25, 0.3) is 0 Å². The van der Waals surface area contributed by atoms with Crippen LogP contribution >= 0.6 is 0 Å². The van der Waals surface area contributed by atoms with E-state index in [0.29, 0.717) is 12.8 Å². The Morgan fingerprint density at radius 1 is 1.11 bits per heavy atom. The van der Waals surface area contributed by atoms with E-state index in [1.165, 1.54) is 0 Å². The number of carbonyl (C=O) groups is 2. The second-order valence-corrected chi connectivity index (χ2v) is 1.47. The maximum atomic E-state index is 10.1. The van der Waals surface area contributed by atoms with Gasteiger partial charge < -0.3 is 0 Å². The SMILES string of the molecule is O=C1CCC(=O)N1.[Au+].[K+]. The van der Waals surface area contributed by atoms with Crippen LogP contribution in [0.2, 0.25) is 0 Å². The molecule has 5 heteroatoms. The molecule has 1 fully saturated rings. The Bertz CT molecular complexity index is 114. The molecule has 0 atom stereocenters. The van der Waals surface area contributed by atoms with Gasteiger partial charge in [0.1, 0.15) is 0 Å². The van der Waals surface area contributed by atoms with Crippen LogP contribution in [0, 0.1) is 0 Å². The molecule has 3 nitrogen and oxygen atoms in total. The first kappa shape index (κ1) is 13.1. The third-order valence-corrected chi connectivity index (χ3v) is 0.858. The number of hydrogen-bond acceptors (Lipinski definition) is 2. The van der Waals surface area contributed by atoms with Gasteiger partial charge in [-0.25, -0.2) is 0 Å². The first-order valence-corrected chi connectivity index (χ1v) is 2.12. The van der Waals surface area contributed by atoms with Crippen LogP contribution in [-0.2, 0) is 32.0 Å². The van der Waals surface area contributed by atoms with Crippen molar-refractivity contribution in [3.05, 3.63) is 0 Å². The van der Waals surface area contributed by atoms with Gasteiger partial charge in [-0.2, -0.15) is 0 Å². The summed E-state index contributed by atoms with van der Waals surface area (Å²) in [5, 5.41) is 2.14. The minimum Gasteiger partial charge on any atom is -0.296 e. The summed E-state index contributed by atoms with van der Waals surface area (Å²) in [6, 6.07) is 0. The molecule has 1 rings (SSSR count). The zero-order chi connectivity index (χ0) is 5.28. The molecule has 1 aliphatic rings. The molecule has 0 radical (unpaired) electrons. The van der Waals surface area contributed by atoms with Crippen molar-refractivity contribution < 1.29 is 83.4 Å². The fourth-order valence-corrected chi connectivity index (χ4v) is 0.508. The average molecular weight is 335 g/mol. The summed E-state index contributed by atoms with van der Waals surface area (Å²) in [6.45, 7) is 0. The summed E-state index contributed by atoms with van der Waals surface area (Å²) in [5.74, 6) is -0.296. The normalized spacial score (nSPS) is 15.6. The zero-order valence-electron chi connectivity index (χ0n) is 5.03. The van der Waals surface area contributed by atoms with Crippen LogP contribution in [-0.4, -0.2) is 11.8 Å². The molecule has 0 saturated carbocycles. The Morgan fingerprint density at radius 2 is 1.44 bits per heavy atom. The minimum absolute atomic E-state index is 0. The number of nitrogens with one attached hydrogen (secondary N) is 1. The summed E-state index contributed by atoms with van der Waals surface area (Å²) in [5.41, 5.74) is 0. The molecule has 0 bridgehead atoms. The van der Waals surface area contributed by atoms with Crippen molar-refractivity contribution in [1.82, 2.24) is 5.32 Å². The second-order valence-electron chi connectivity index (χ2n) is 1.47. The molecule has 0 aromatic rings. The fourth-order valence-electron chi connectivity index (χ4n) is 0.508. The molecule has 1 heterocycles. The van der Waals surface area contributed by atoms with Gasteiger partial charge in [0.15, 0.2) is 0 Å². The van der Waals surface area contributed by atoms with Crippen molar-refractivity contribution >= 4 is 11.8 Å². The number of imide groups is 1. The van der Waals surface area contributed by atoms with E-state index in [1.54, 1.807) is 0 Å². The van der Waals surface area contributed by atoms with Crippen LogP contribution in [0.1, 0.15) is 12.8 Å². The largest absolute Gasteiger partial charge is 1.00 e. The first-order valence-electron chi connectivity index (χ1n) is 2.12. The van der Waals surface area contributed by atoms with E-state index >= 15 is 0 Å². The Labute approximate surface area is 111 Å². The van der Waals surface area contributed by atoms with Gasteiger partial charge in [-0.3, -0.25) is 14.9 Å². The summed E-state index contributed by atoms with van der Waals surface area (Å²) >= 11 is 0. The molecular formula is C4H5AuKNO2+2. The molecule has 9 heavy (non-hydrogen) atoms. The van der Waals surface area contributed by atoms with E-state index in [9.17, 15) is 9.59 Å². The number of carbonyl (C=O) groups excluding carboxylic acids is 2. The Hall–Kier alpha value is 1.52. The van der Waals surface area contributed by atoms with E-state index in [0.717, 1.165) is 0 Å². The zero-order valence-corrected chi connectivity index (χ0v) is 10.3. The van der Waals surface area contributed by atoms with E-state index in [1.807, 2.05) is 0 Å². The molecule has 0 aromatic carbocycles. The van der Waals surface area contributed by atoms with Gasteiger partial charge >= 0.3 is 73.8 Å². The summed E-state index contributed by atoms with van der Waals surface area (Å²) in [4.78, 5) is 20.2. The number of rotatable bonds is 0. The maximum Gasteiger partial charge on any atom is 1.00 e. The van der Waals surface area contributed by atoms with Gasteiger partial charge in [0, 0.05) is 12.8 Å². The Morgan fingerprint density at radius 3 is 1.56 bits per heavy atom. The summed E-state index contributed by atoms with van der Waals surface area (Å²) < 4.78 is 0. The third kappa shape index (κ3) is 4.86. The van der Waals surface area contributed by atoms with Crippen LogP contribution < -0.4 is 56.7 Å². The van der Waals surface area contributed by atoms with Gasteiger partial charge in [0.2, 0.25) is 11.8 Å². The van der Waals surface area contributed by atoms with Gasteiger partial charge in [-0.05, 0) is 0 Å². The van der Waals surface area contributed by atoms with Crippen LogP contribution in [0.15, 0.2) is 0 Å². The molecule has 2 amide bonds. The smallest absolute Gasteiger partial charge is 0.296 e. The fraction of sp³-hybridized carbons (Fsp3) is 0.500. The van der Waals surface area contributed by atoms with Gasteiger partial charge in [-0.1, -0.05) is 0 Å². The molecule has 1 aliphatic heterocycles. The molecule has 1 N–H and O–H groups in total. The third-order valence-electron chi connectivity index (χ3n) is 0.858. The molecule has 0 spiro atoms. The van der Waals surface area contributed by atoms with Crippen LogP contribution in [0.4, 0.5) is 0 Å². The number of amides is 2. The van der Waals surface area contributed by atoms with Crippen molar-refractivity contribution in [3.63, 3.8) is 0 Å². The number of hydrogen-bond donors (Lipinski definition) is 1. The van der Waals surface area contributed by atoms with E-state index in [4.69, 9.17) is 0 Å². The summed E-state index contributed by atoms with van der Waals surface area (Å²) in [6.07, 6.45) is 0.748. The quantitative estimate of drug-likeness (QED) is 0.368. The first-order chi connectivity index (χ1) is 3.29. The minimum atomic E-state index is -0.148. The topological polar surface area (TPSA) is 46.2 Å². The maximum absolute atomic E-state index is 10.1. The summed E-state index contributed by atoms with van der Waals surface area (Å²) in [7, 11) is 0.